The fraction of sp³-hybridized carbons (Fsp3) is 0.500. The normalized spacial score (nSPS) is 12.0. The van der Waals surface area contributed by atoms with Gasteiger partial charge in [-0.05, 0) is 31.5 Å². The highest BCUT2D eigenvalue weighted by Gasteiger charge is 2.19. The quantitative estimate of drug-likeness (QED) is 0.839. The molecular formula is C14H22N2O2. The first-order chi connectivity index (χ1) is 8.63. The lowest BCUT2D eigenvalue weighted by Crippen LogP contribution is -2.34. The third-order valence-corrected chi connectivity index (χ3v) is 3.06. The maximum absolute atomic E-state index is 12.0. The summed E-state index contributed by atoms with van der Waals surface area (Å²) < 4.78 is 5.20. The largest absolute Gasteiger partial charge is 0.497 e. The van der Waals surface area contributed by atoms with Crippen molar-refractivity contribution >= 4 is 5.91 Å². The van der Waals surface area contributed by atoms with E-state index in [1.54, 1.807) is 7.11 Å². The van der Waals surface area contributed by atoms with Crippen LogP contribution in [0.25, 0.3) is 0 Å². The number of methoxy groups -OCH3 is 1. The lowest BCUT2D eigenvalue weighted by Gasteiger charge is -2.28. The molecular weight excluding hydrogens is 228 g/mol. The molecule has 2 N–H and O–H groups in total. The van der Waals surface area contributed by atoms with Crippen molar-refractivity contribution in [1.29, 1.82) is 0 Å². The van der Waals surface area contributed by atoms with Crippen molar-refractivity contribution in [2.75, 3.05) is 20.2 Å². The van der Waals surface area contributed by atoms with Crippen molar-refractivity contribution in [1.82, 2.24) is 4.90 Å². The second kappa shape index (κ2) is 7.01. The monoisotopic (exact) mass is 250 g/mol. The molecule has 1 rings (SSSR count). The van der Waals surface area contributed by atoms with Gasteiger partial charge < -0.3 is 15.4 Å². The number of amides is 1. The maximum atomic E-state index is 12.0. The van der Waals surface area contributed by atoms with E-state index in [0.29, 0.717) is 19.5 Å². The van der Waals surface area contributed by atoms with E-state index in [1.807, 2.05) is 43.0 Å². The number of benzene rings is 1. The van der Waals surface area contributed by atoms with Crippen LogP contribution in [0.5, 0.6) is 5.75 Å². The zero-order valence-corrected chi connectivity index (χ0v) is 11.3. The third kappa shape index (κ3) is 3.47. The van der Waals surface area contributed by atoms with Gasteiger partial charge in [0.15, 0.2) is 0 Å². The average molecular weight is 250 g/mol. The standard InChI is InChI=1S/C14H22N2O2/c1-4-16(14(17)8-9-15)11(2)12-6-5-7-13(10-12)18-3/h5-7,10-11H,4,8-9,15H2,1-3H3. The number of carbonyl (C=O) groups is 1. The van der Waals surface area contributed by atoms with Crippen molar-refractivity contribution in [2.45, 2.75) is 26.3 Å². The summed E-state index contributed by atoms with van der Waals surface area (Å²) in [6, 6.07) is 7.83. The van der Waals surface area contributed by atoms with Crippen molar-refractivity contribution in [2.24, 2.45) is 5.73 Å². The van der Waals surface area contributed by atoms with Crippen LogP contribution in [0.15, 0.2) is 24.3 Å². The first kappa shape index (κ1) is 14.5. The van der Waals surface area contributed by atoms with Crippen LogP contribution in [0.3, 0.4) is 0 Å². The molecule has 0 heterocycles. The highest BCUT2D eigenvalue weighted by molar-refractivity contribution is 5.76. The average Bonchev–Trinajstić information content (AvgIpc) is 2.40. The molecule has 4 nitrogen and oxygen atoms in total. The van der Waals surface area contributed by atoms with Gasteiger partial charge in [0.1, 0.15) is 5.75 Å². The second-order valence-electron chi connectivity index (χ2n) is 4.17. The summed E-state index contributed by atoms with van der Waals surface area (Å²) in [4.78, 5) is 13.8. The van der Waals surface area contributed by atoms with Gasteiger partial charge in [-0.3, -0.25) is 4.79 Å². The number of ether oxygens (including phenoxy) is 1. The van der Waals surface area contributed by atoms with Gasteiger partial charge in [0.25, 0.3) is 0 Å². The molecule has 0 saturated carbocycles. The molecule has 0 saturated heterocycles. The Kier molecular flexibility index (Phi) is 5.65. The molecule has 0 aliphatic heterocycles. The number of nitrogens with two attached hydrogens (primary N) is 1. The van der Waals surface area contributed by atoms with E-state index in [2.05, 4.69) is 0 Å². The molecule has 100 valence electrons. The van der Waals surface area contributed by atoms with Gasteiger partial charge in [-0.2, -0.15) is 0 Å². The van der Waals surface area contributed by atoms with Gasteiger partial charge in [0, 0.05) is 19.5 Å². The van der Waals surface area contributed by atoms with E-state index in [1.165, 1.54) is 0 Å². The minimum Gasteiger partial charge on any atom is -0.497 e. The van der Waals surface area contributed by atoms with E-state index in [-0.39, 0.29) is 11.9 Å². The molecule has 18 heavy (non-hydrogen) atoms. The Hall–Kier alpha value is -1.55. The van der Waals surface area contributed by atoms with Crippen molar-refractivity contribution < 1.29 is 9.53 Å². The van der Waals surface area contributed by atoms with E-state index < -0.39 is 0 Å². The highest BCUT2D eigenvalue weighted by atomic mass is 16.5. The molecule has 0 bridgehead atoms. The molecule has 1 atom stereocenters. The molecule has 0 radical (unpaired) electrons. The predicted molar refractivity (Wildman–Crippen MR) is 72.5 cm³/mol. The fourth-order valence-electron chi connectivity index (χ4n) is 2.01. The van der Waals surface area contributed by atoms with Crippen LogP contribution in [0.2, 0.25) is 0 Å². The SMILES string of the molecule is CCN(C(=O)CCN)C(C)c1cccc(OC)c1. The molecule has 1 unspecified atom stereocenters. The van der Waals surface area contributed by atoms with Crippen LogP contribution in [0.4, 0.5) is 0 Å². The Morgan fingerprint density at radius 3 is 2.78 bits per heavy atom. The van der Waals surface area contributed by atoms with Crippen LogP contribution in [0.1, 0.15) is 31.9 Å². The molecule has 0 aliphatic carbocycles. The molecule has 0 spiro atoms. The molecule has 1 aromatic carbocycles. The Morgan fingerprint density at radius 1 is 1.50 bits per heavy atom. The van der Waals surface area contributed by atoms with Crippen molar-refractivity contribution in [3.05, 3.63) is 29.8 Å². The third-order valence-electron chi connectivity index (χ3n) is 3.06. The van der Waals surface area contributed by atoms with E-state index >= 15 is 0 Å². The van der Waals surface area contributed by atoms with Gasteiger partial charge in [-0.1, -0.05) is 12.1 Å². The second-order valence-corrected chi connectivity index (χ2v) is 4.17. The van der Waals surface area contributed by atoms with Crippen LogP contribution in [-0.2, 0) is 4.79 Å². The Morgan fingerprint density at radius 2 is 2.22 bits per heavy atom. The maximum Gasteiger partial charge on any atom is 0.224 e. The van der Waals surface area contributed by atoms with Crippen LogP contribution in [0, 0.1) is 0 Å². The van der Waals surface area contributed by atoms with Crippen LogP contribution in [-0.4, -0.2) is 31.0 Å². The smallest absolute Gasteiger partial charge is 0.224 e. The lowest BCUT2D eigenvalue weighted by atomic mass is 10.1. The summed E-state index contributed by atoms with van der Waals surface area (Å²) in [5.74, 6) is 0.900. The van der Waals surface area contributed by atoms with Crippen molar-refractivity contribution in [3.63, 3.8) is 0 Å². The van der Waals surface area contributed by atoms with Gasteiger partial charge in [-0.25, -0.2) is 0 Å². The lowest BCUT2D eigenvalue weighted by molar-refractivity contribution is -0.132. The van der Waals surface area contributed by atoms with E-state index in [0.717, 1.165) is 11.3 Å². The summed E-state index contributed by atoms with van der Waals surface area (Å²) in [7, 11) is 1.64. The first-order valence-electron chi connectivity index (χ1n) is 6.27. The molecule has 0 aliphatic rings. The predicted octanol–water partition coefficient (Wildman–Crippen LogP) is 1.95. The van der Waals surface area contributed by atoms with Crippen molar-refractivity contribution in [3.8, 4) is 5.75 Å². The topological polar surface area (TPSA) is 55.6 Å². The van der Waals surface area contributed by atoms with E-state index in [9.17, 15) is 4.79 Å². The number of hydrogen-bond acceptors (Lipinski definition) is 3. The van der Waals surface area contributed by atoms with Gasteiger partial charge in [0.2, 0.25) is 5.91 Å². The first-order valence-corrected chi connectivity index (χ1v) is 6.27. The van der Waals surface area contributed by atoms with Gasteiger partial charge >= 0.3 is 0 Å². The number of hydrogen-bond donors (Lipinski definition) is 1. The Labute approximate surface area is 109 Å². The molecule has 4 heteroatoms. The minimum absolute atomic E-state index is 0.0316. The summed E-state index contributed by atoms with van der Waals surface area (Å²) in [6.45, 7) is 5.06. The zero-order chi connectivity index (χ0) is 13.5. The Balaban J connectivity index is 2.88. The molecule has 0 aromatic heterocycles. The van der Waals surface area contributed by atoms with Crippen LogP contribution < -0.4 is 10.5 Å². The summed E-state index contributed by atoms with van der Waals surface area (Å²) in [5, 5.41) is 0. The summed E-state index contributed by atoms with van der Waals surface area (Å²) >= 11 is 0. The van der Waals surface area contributed by atoms with E-state index in [4.69, 9.17) is 10.5 Å². The Bertz CT molecular complexity index is 393. The highest BCUT2D eigenvalue weighted by Crippen LogP contribution is 2.24. The summed E-state index contributed by atoms with van der Waals surface area (Å²) in [5.41, 5.74) is 6.51. The zero-order valence-electron chi connectivity index (χ0n) is 11.3. The number of nitrogens with zero attached hydrogens (tertiary/aromatic N) is 1. The molecule has 1 aromatic rings. The van der Waals surface area contributed by atoms with Crippen LogP contribution >= 0.6 is 0 Å². The number of carbonyl (C=O) groups excluding carboxylic acids is 1. The molecule has 1 amide bonds. The minimum atomic E-state index is 0.0316. The molecule has 0 fully saturated rings. The van der Waals surface area contributed by atoms with Gasteiger partial charge in [0.05, 0.1) is 13.2 Å². The number of rotatable bonds is 6. The van der Waals surface area contributed by atoms with Gasteiger partial charge in [-0.15, -0.1) is 0 Å². The fourth-order valence-corrected chi connectivity index (χ4v) is 2.01. The summed E-state index contributed by atoms with van der Waals surface area (Å²) in [6.07, 6.45) is 0.391.